The summed E-state index contributed by atoms with van der Waals surface area (Å²) in [5.41, 5.74) is 7.97. The lowest BCUT2D eigenvalue weighted by Crippen LogP contribution is -2.19. The van der Waals surface area contributed by atoms with Crippen molar-refractivity contribution in [2.45, 2.75) is 24.1 Å². The fourth-order valence-electron chi connectivity index (χ4n) is 0.811. The van der Waals surface area contributed by atoms with Gasteiger partial charge in [-0.25, -0.2) is 0 Å². The first-order valence-electron chi connectivity index (χ1n) is 4.61. The predicted octanol–water partition coefficient (Wildman–Crippen LogP) is 1.86. The van der Waals surface area contributed by atoms with Gasteiger partial charge in [0.05, 0.1) is 6.61 Å². The standard InChI is InChI=1S/C8H12BrN3O4/c9-6(2-3-7(13)14)8(15)16-5-1-4-11-12-10/h6H,1-5H2,(H,13,14). The number of carbonyl (C=O) groups is 2. The van der Waals surface area contributed by atoms with Crippen LogP contribution in [0, 0.1) is 0 Å². The fraction of sp³-hybridized carbons (Fsp3) is 0.750. The van der Waals surface area contributed by atoms with Gasteiger partial charge < -0.3 is 9.84 Å². The number of alkyl halides is 1. The molecule has 0 aliphatic heterocycles. The monoisotopic (exact) mass is 293 g/mol. The average Bonchev–Trinajstić information content (AvgIpc) is 2.25. The minimum atomic E-state index is -0.958. The number of azide groups is 1. The van der Waals surface area contributed by atoms with Crippen LogP contribution >= 0.6 is 15.9 Å². The first-order chi connectivity index (χ1) is 7.57. The summed E-state index contributed by atoms with van der Waals surface area (Å²) in [6, 6.07) is 0. The highest BCUT2D eigenvalue weighted by molar-refractivity contribution is 9.10. The van der Waals surface area contributed by atoms with Gasteiger partial charge in [-0.2, -0.15) is 0 Å². The van der Waals surface area contributed by atoms with Crippen LogP contribution in [0.5, 0.6) is 0 Å². The van der Waals surface area contributed by atoms with E-state index in [0.29, 0.717) is 6.42 Å². The second kappa shape index (κ2) is 8.99. The van der Waals surface area contributed by atoms with Crippen LogP contribution in [0.4, 0.5) is 0 Å². The summed E-state index contributed by atoms with van der Waals surface area (Å²) in [7, 11) is 0. The average molecular weight is 294 g/mol. The number of hydrogen-bond acceptors (Lipinski definition) is 4. The summed E-state index contributed by atoms with van der Waals surface area (Å²) in [5.74, 6) is -1.46. The van der Waals surface area contributed by atoms with Gasteiger partial charge in [-0.05, 0) is 18.4 Å². The van der Waals surface area contributed by atoms with Crippen LogP contribution in [-0.2, 0) is 14.3 Å². The molecule has 1 unspecified atom stereocenters. The molecule has 0 saturated carbocycles. The molecule has 7 nitrogen and oxygen atoms in total. The Morgan fingerprint density at radius 2 is 2.25 bits per heavy atom. The molecule has 0 aromatic carbocycles. The Balaban J connectivity index is 3.62. The predicted molar refractivity (Wildman–Crippen MR) is 59.2 cm³/mol. The molecule has 0 bridgehead atoms. The minimum absolute atomic E-state index is 0.0935. The van der Waals surface area contributed by atoms with Gasteiger partial charge in [-0.3, -0.25) is 9.59 Å². The molecule has 1 N–H and O–H groups in total. The van der Waals surface area contributed by atoms with E-state index in [1.165, 1.54) is 0 Å². The van der Waals surface area contributed by atoms with Gasteiger partial charge in [0, 0.05) is 17.9 Å². The van der Waals surface area contributed by atoms with Crippen molar-refractivity contribution in [3.63, 3.8) is 0 Å². The van der Waals surface area contributed by atoms with Crippen molar-refractivity contribution < 1.29 is 19.4 Å². The van der Waals surface area contributed by atoms with Crippen LogP contribution in [0.1, 0.15) is 19.3 Å². The summed E-state index contributed by atoms with van der Waals surface area (Å²) < 4.78 is 4.82. The van der Waals surface area contributed by atoms with E-state index in [9.17, 15) is 9.59 Å². The fourth-order valence-corrected chi connectivity index (χ4v) is 1.17. The topological polar surface area (TPSA) is 112 Å². The van der Waals surface area contributed by atoms with E-state index >= 15 is 0 Å². The first kappa shape index (κ1) is 14.7. The van der Waals surface area contributed by atoms with Crippen molar-refractivity contribution in [3.8, 4) is 0 Å². The van der Waals surface area contributed by atoms with Crippen molar-refractivity contribution >= 4 is 27.9 Å². The Hall–Kier alpha value is -1.27. The summed E-state index contributed by atoms with van der Waals surface area (Å²) in [6.07, 6.45) is 0.544. The van der Waals surface area contributed by atoms with Gasteiger partial charge in [0.25, 0.3) is 0 Å². The number of carboxylic acids is 1. The van der Waals surface area contributed by atoms with E-state index in [1.807, 2.05) is 0 Å². The third kappa shape index (κ3) is 8.07. The second-order valence-corrected chi connectivity index (χ2v) is 3.98. The molecule has 0 spiro atoms. The smallest absolute Gasteiger partial charge is 0.319 e. The molecule has 0 aromatic rings. The van der Waals surface area contributed by atoms with Crippen LogP contribution in [0.25, 0.3) is 10.4 Å². The van der Waals surface area contributed by atoms with Gasteiger partial charge in [0.1, 0.15) is 4.83 Å². The SMILES string of the molecule is [N-]=[N+]=NCCCOC(=O)C(Br)CCC(=O)O. The van der Waals surface area contributed by atoms with Crippen molar-refractivity contribution in [2.24, 2.45) is 5.11 Å². The Morgan fingerprint density at radius 1 is 1.56 bits per heavy atom. The lowest BCUT2D eigenvalue weighted by atomic mass is 10.2. The maximum Gasteiger partial charge on any atom is 0.319 e. The van der Waals surface area contributed by atoms with Crippen LogP contribution in [0.3, 0.4) is 0 Å². The number of halogens is 1. The lowest BCUT2D eigenvalue weighted by molar-refractivity contribution is -0.143. The van der Waals surface area contributed by atoms with E-state index in [0.717, 1.165) is 0 Å². The highest BCUT2D eigenvalue weighted by Gasteiger charge is 2.17. The number of aliphatic carboxylic acids is 1. The van der Waals surface area contributed by atoms with Crippen LogP contribution < -0.4 is 0 Å². The molecule has 0 amide bonds. The molecule has 8 heteroatoms. The van der Waals surface area contributed by atoms with Crippen molar-refractivity contribution in [2.75, 3.05) is 13.2 Å². The quantitative estimate of drug-likeness (QED) is 0.184. The summed E-state index contributed by atoms with van der Waals surface area (Å²) in [4.78, 5) is 23.4. The van der Waals surface area contributed by atoms with Gasteiger partial charge in [0.15, 0.2) is 0 Å². The zero-order valence-electron chi connectivity index (χ0n) is 8.50. The Bertz CT molecular complexity index is 291. The number of rotatable bonds is 8. The molecule has 0 radical (unpaired) electrons. The Labute approximate surface area is 101 Å². The van der Waals surface area contributed by atoms with Crippen LogP contribution in [0.2, 0.25) is 0 Å². The molecule has 0 aromatic heterocycles. The molecule has 0 aliphatic rings. The molecule has 1 atom stereocenters. The maximum atomic E-state index is 11.2. The van der Waals surface area contributed by atoms with E-state index in [4.69, 9.17) is 15.4 Å². The van der Waals surface area contributed by atoms with E-state index in [2.05, 4.69) is 26.0 Å². The molecule has 0 aliphatic carbocycles. The zero-order valence-corrected chi connectivity index (χ0v) is 10.1. The highest BCUT2D eigenvalue weighted by Crippen LogP contribution is 2.10. The number of nitrogens with zero attached hydrogens (tertiary/aromatic N) is 3. The molecule has 0 fully saturated rings. The van der Waals surface area contributed by atoms with Crippen molar-refractivity contribution in [1.29, 1.82) is 0 Å². The lowest BCUT2D eigenvalue weighted by Gasteiger charge is -2.08. The number of esters is 1. The third-order valence-electron chi connectivity index (χ3n) is 1.58. The van der Waals surface area contributed by atoms with Crippen LogP contribution in [0.15, 0.2) is 5.11 Å². The summed E-state index contributed by atoms with van der Waals surface area (Å²) in [6.45, 7) is 0.429. The molecule has 0 saturated heterocycles. The molecular formula is C8H12BrN3O4. The van der Waals surface area contributed by atoms with Gasteiger partial charge in [-0.15, -0.1) is 0 Å². The summed E-state index contributed by atoms with van der Waals surface area (Å²) >= 11 is 3.03. The summed E-state index contributed by atoms with van der Waals surface area (Å²) in [5, 5.41) is 11.7. The molecule has 0 rings (SSSR count). The molecule has 90 valence electrons. The van der Waals surface area contributed by atoms with Crippen molar-refractivity contribution in [3.05, 3.63) is 10.4 Å². The molecular weight excluding hydrogens is 282 g/mol. The molecule has 0 heterocycles. The first-order valence-corrected chi connectivity index (χ1v) is 5.53. The number of hydrogen-bond donors (Lipinski definition) is 1. The number of carboxylic acid groups (broad SMARTS) is 1. The Morgan fingerprint density at radius 3 is 2.81 bits per heavy atom. The van der Waals surface area contributed by atoms with E-state index in [-0.39, 0.29) is 26.0 Å². The van der Waals surface area contributed by atoms with Crippen LogP contribution in [-0.4, -0.2) is 35.0 Å². The third-order valence-corrected chi connectivity index (χ3v) is 2.41. The minimum Gasteiger partial charge on any atom is -0.481 e. The number of carbonyl (C=O) groups excluding carboxylic acids is 1. The highest BCUT2D eigenvalue weighted by atomic mass is 79.9. The number of ether oxygens (including phenoxy) is 1. The normalized spacial score (nSPS) is 11.3. The zero-order chi connectivity index (χ0) is 12.4. The van der Waals surface area contributed by atoms with Crippen molar-refractivity contribution in [1.82, 2.24) is 0 Å². The maximum absolute atomic E-state index is 11.2. The van der Waals surface area contributed by atoms with Gasteiger partial charge >= 0.3 is 11.9 Å². The second-order valence-electron chi connectivity index (χ2n) is 2.88. The van der Waals surface area contributed by atoms with Gasteiger partial charge in [0.2, 0.25) is 0 Å². The Kier molecular flexibility index (Phi) is 8.28. The van der Waals surface area contributed by atoms with E-state index < -0.39 is 16.8 Å². The van der Waals surface area contributed by atoms with Gasteiger partial charge in [-0.1, -0.05) is 21.0 Å². The van der Waals surface area contributed by atoms with E-state index in [1.54, 1.807) is 0 Å². The molecule has 16 heavy (non-hydrogen) atoms. The largest absolute Gasteiger partial charge is 0.481 e.